The number of unbranched alkanes of at least 4 members (excludes halogenated alkanes) is 2. The molecule has 0 radical (unpaired) electrons. The van der Waals surface area contributed by atoms with Gasteiger partial charge in [-0.3, -0.25) is 14.3 Å². The Bertz CT molecular complexity index is 1910. The first-order valence-electron chi connectivity index (χ1n) is 16.6. The second-order valence-electron chi connectivity index (χ2n) is 12.5. The van der Waals surface area contributed by atoms with Crippen molar-refractivity contribution in [1.82, 2.24) is 14.5 Å². The molecule has 3 heterocycles. The molecule has 250 valence electrons. The molecule has 5 aromatic rings. The zero-order valence-corrected chi connectivity index (χ0v) is 28.7. The molecule has 0 aliphatic carbocycles. The average molecular weight is 648 g/mol. The first-order chi connectivity index (χ1) is 23.2. The molecular formula is C39H45N5O4. The van der Waals surface area contributed by atoms with Crippen molar-refractivity contribution in [1.29, 1.82) is 0 Å². The van der Waals surface area contributed by atoms with E-state index in [4.69, 9.17) is 9.47 Å². The summed E-state index contributed by atoms with van der Waals surface area (Å²) in [7, 11) is 1.60. The van der Waals surface area contributed by atoms with E-state index in [1.165, 1.54) is 0 Å². The smallest absolute Gasteiger partial charge is 0.323 e. The lowest BCUT2D eigenvalue weighted by Gasteiger charge is -2.23. The van der Waals surface area contributed by atoms with Gasteiger partial charge in [-0.1, -0.05) is 65.7 Å². The number of ether oxygens (including phenoxy) is 2. The lowest BCUT2D eigenvalue weighted by molar-refractivity contribution is 0.262. The van der Waals surface area contributed by atoms with Crippen LogP contribution in [0.5, 0.6) is 11.5 Å². The second kappa shape index (κ2) is 15.6. The minimum Gasteiger partial charge on any atom is -0.497 e. The van der Waals surface area contributed by atoms with Gasteiger partial charge in [0, 0.05) is 47.3 Å². The van der Waals surface area contributed by atoms with Gasteiger partial charge in [0.2, 0.25) is 0 Å². The van der Waals surface area contributed by atoms with Crippen LogP contribution in [0, 0.1) is 0 Å². The van der Waals surface area contributed by atoms with Crippen molar-refractivity contribution in [2.75, 3.05) is 17.7 Å². The minimum absolute atomic E-state index is 0.0784. The molecule has 2 aromatic carbocycles. The number of pyridine rings is 3. The van der Waals surface area contributed by atoms with Gasteiger partial charge in [-0.05, 0) is 77.4 Å². The van der Waals surface area contributed by atoms with Crippen molar-refractivity contribution in [3.63, 3.8) is 0 Å². The van der Waals surface area contributed by atoms with E-state index in [0.29, 0.717) is 35.8 Å². The number of aryl methyl sites for hydroxylation is 1. The number of hydrogen-bond acceptors (Lipinski definition) is 6. The van der Waals surface area contributed by atoms with Crippen LogP contribution in [0.25, 0.3) is 22.2 Å². The molecule has 9 heteroatoms. The van der Waals surface area contributed by atoms with Gasteiger partial charge in [-0.25, -0.2) is 9.78 Å². The average Bonchev–Trinajstić information content (AvgIpc) is 3.09. The zero-order chi connectivity index (χ0) is 34.2. The third kappa shape index (κ3) is 7.68. The van der Waals surface area contributed by atoms with Crippen molar-refractivity contribution in [2.45, 2.75) is 78.9 Å². The standard InChI is InChI=1S/C39H45N5O4/c1-7-8-9-19-44-37-31(16-12-18-41-37)34(28-14-10-15-29(20-28)47-6)36(38(44)45)43-39(46)42-35-32(25(2)3)21-30(22-33(35)26(4)5)48-24-27-13-11-17-40-23-27/h10-18,20-23,25-26H,7-9,19,24H2,1-6H3,(H2,42,43,46). The van der Waals surface area contributed by atoms with Crippen molar-refractivity contribution >= 4 is 28.4 Å². The Kier molecular flexibility index (Phi) is 11.1. The molecule has 3 aromatic heterocycles. The van der Waals surface area contributed by atoms with Crippen LogP contribution in [0.3, 0.4) is 0 Å². The van der Waals surface area contributed by atoms with Gasteiger partial charge in [0.25, 0.3) is 5.56 Å². The van der Waals surface area contributed by atoms with Crippen LogP contribution in [-0.4, -0.2) is 27.7 Å². The van der Waals surface area contributed by atoms with E-state index >= 15 is 0 Å². The number of hydrogen-bond donors (Lipinski definition) is 2. The SMILES string of the molecule is CCCCCn1c(=O)c(NC(=O)Nc2c(C(C)C)cc(OCc3cccnc3)cc2C(C)C)c(-c2cccc(OC)c2)c2cccnc21. The Hall–Kier alpha value is -5.18. The maximum Gasteiger partial charge on any atom is 0.323 e. The predicted octanol–water partition coefficient (Wildman–Crippen LogP) is 9.13. The van der Waals surface area contributed by atoms with E-state index in [2.05, 4.69) is 55.2 Å². The number of nitrogens with one attached hydrogen (secondary N) is 2. The topological polar surface area (TPSA) is 107 Å². The monoisotopic (exact) mass is 647 g/mol. The summed E-state index contributed by atoms with van der Waals surface area (Å²) in [5.41, 5.74) is 5.33. The number of methoxy groups -OCH3 is 1. The molecule has 0 saturated carbocycles. The molecular weight excluding hydrogens is 602 g/mol. The summed E-state index contributed by atoms with van der Waals surface area (Å²) in [5.74, 6) is 1.51. The quantitative estimate of drug-likeness (QED) is 0.123. The van der Waals surface area contributed by atoms with Crippen LogP contribution in [0.1, 0.15) is 82.4 Å². The fraction of sp³-hybridized carbons (Fsp3) is 0.333. The Morgan fingerprint density at radius 1 is 0.875 bits per heavy atom. The summed E-state index contributed by atoms with van der Waals surface area (Å²) in [6.45, 7) is 11.3. The lowest BCUT2D eigenvalue weighted by Crippen LogP contribution is -2.30. The maximum absolute atomic E-state index is 14.3. The first kappa shape index (κ1) is 34.2. The third-order valence-electron chi connectivity index (χ3n) is 8.39. The predicted molar refractivity (Wildman–Crippen MR) is 193 cm³/mol. The van der Waals surface area contributed by atoms with Gasteiger partial charge in [0.1, 0.15) is 29.4 Å². The van der Waals surface area contributed by atoms with Crippen molar-refractivity contribution in [3.05, 3.63) is 106 Å². The third-order valence-corrected chi connectivity index (χ3v) is 8.39. The van der Waals surface area contributed by atoms with Crippen molar-refractivity contribution in [2.24, 2.45) is 0 Å². The van der Waals surface area contributed by atoms with Gasteiger partial charge >= 0.3 is 6.03 Å². The number of amides is 2. The highest BCUT2D eigenvalue weighted by Gasteiger charge is 2.23. The molecule has 0 unspecified atom stereocenters. The molecule has 0 saturated heterocycles. The molecule has 0 fully saturated rings. The van der Waals surface area contributed by atoms with E-state index in [1.807, 2.05) is 60.7 Å². The number of rotatable bonds is 13. The first-order valence-corrected chi connectivity index (χ1v) is 16.6. The van der Waals surface area contributed by atoms with Crippen LogP contribution in [-0.2, 0) is 13.2 Å². The number of anilines is 2. The molecule has 0 spiro atoms. The Morgan fingerprint density at radius 3 is 2.27 bits per heavy atom. The summed E-state index contributed by atoms with van der Waals surface area (Å²) in [6, 6.07) is 18.6. The van der Waals surface area contributed by atoms with E-state index in [-0.39, 0.29) is 23.1 Å². The zero-order valence-electron chi connectivity index (χ0n) is 28.7. The van der Waals surface area contributed by atoms with Crippen molar-refractivity contribution < 1.29 is 14.3 Å². The van der Waals surface area contributed by atoms with E-state index < -0.39 is 6.03 Å². The molecule has 2 amide bonds. The van der Waals surface area contributed by atoms with Crippen LogP contribution in [0.4, 0.5) is 16.2 Å². The van der Waals surface area contributed by atoms with E-state index in [0.717, 1.165) is 52.7 Å². The number of carbonyl (C=O) groups excluding carboxylic acids is 1. The van der Waals surface area contributed by atoms with Gasteiger partial charge < -0.3 is 20.1 Å². The Balaban J connectivity index is 1.58. The van der Waals surface area contributed by atoms with Gasteiger partial charge in [-0.2, -0.15) is 0 Å². The molecule has 48 heavy (non-hydrogen) atoms. The Morgan fingerprint density at radius 2 is 1.60 bits per heavy atom. The highest BCUT2D eigenvalue weighted by Crippen LogP contribution is 2.38. The van der Waals surface area contributed by atoms with Crippen LogP contribution in [0.2, 0.25) is 0 Å². The summed E-state index contributed by atoms with van der Waals surface area (Å²) in [5, 5.41) is 6.89. The van der Waals surface area contributed by atoms with Crippen LogP contribution in [0.15, 0.2) is 84.0 Å². The van der Waals surface area contributed by atoms with Gasteiger partial charge in [-0.15, -0.1) is 0 Å². The summed E-state index contributed by atoms with van der Waals surface area (Å²) < 4.78 is 13.4. The molecule has 0 bridgehead atoms. The van der Waals surface area contributed by atoms with Gasteiger partial charge in [0.05, 0.1) is 7.11 Å². The highest BCUT2D eigenvalue weighted by molar-refractivity contribution is 6.08. The summed E-state index contributed by atoms with van der Waals surface area (Å²) >= 11 is 0. The number of aromatic nitrogens is 3. The fourth-order valence-electron chi connectivity index (χ4n) is 5.91. The van der Waals surface area contributed by atoms with Gasteiger partial charge in [0.15, 0.2) is 0 Å². The number of fused-ring (bicyclic) bond motifs is 1. The number of urea groups is 1. The highest BCUT2D eigenvalue weighted by atomic mass is 16.5. The van der Waals surface area contributed by atoms with Crippen molar-refractivity contribution in [3.8, 4) is 22.6 Å². The number of nitrogens with zero attached hydrogens (tertiary/aromatic N) is 3. The van der Waals surface area contributed by atoms with E-state index in [9.17, 15) is 9.59 Å². The molecule has 0 atom stereocenters. The molecule has 5 rings (SSSR count). The fourth-order valence-corrected chi connectivity index (χ4v) is 5.91. The largest absolute Gasteiger partial charge is 0.497 e. The second-order valence-corrected chi connectivity index (χ2v) is 12.5. The van der Waals surface area contributed by atoms with Crippen LogP contribution < -0.4 is 25.7 Å². The maximum atomic E-state index is 14.3. The normalized spacial score (nSPS) is 11.2. The molecule has 0 aliphatic rings. The molecule has 2 N–H and O–H groups in total. The Labute approximate surface area is 282 Å². The molecule has 9 nitrogen and oxygen atoms in total. The molecule has 0 aliphatic heterocycles. The summed E-state index contributed by atoms with van der Waals surface area (Å²) in [6.07, 6.45) is 8.01. The number of carbonyl (C=O) groups is 1. The van der Waals surface area contributed by atoms with Crippen LogP contribution >= 0.6 is 0 Å². The lowest BCUT2D eigenvalue weighted by atomic mass is 9.92. The summed E-state index contributed by atoms with van der Waals surface area (Å²) in [4.78, 5) is 37.2. The minimum atomic E-state index is -0.507. The number of benzene rings is 2. The van der Waals surface area contributed by atoms with E-state index in [1.54, 1.807) is 30.3 Å².